The van der Waals surface area contributed by atoms with Gasteiger partial charge in [-0.3, -0.25) is 0 Å². The molecule has 0 radical (unpaired) electrons. The predicted molar refractivity (Wildman–Crippen MR) is 67.9 cm³/mol. The molecule has 1 fully saturated rings. The van der Waals surface area contributed by atoms with E-state index in [1.807, 2.05) is 0 Å². The third kappa shape index (κ3) is 2.14. The highest BCUT2D eigenvalue weighted by atomic mass is 16.5. The molecule has 1 N–H and O–H groups in total. The lowest BCUT2D eigenvalue weighted by Gasteiger charge is -2.32. The van der Waals surface area contributed by atoms with Crippen molar-refractivity contribution in [1.82, 2.24) is 15.1 Å². The van der Waals surface area contributed by atoms with Crippen molar-refractivity contribution >= 4 is 0 Å². The minimum Gasteiger partial charge on any atom is -0.505 e. The maximum absolute atomic E-state index is 9.76. The van der Waals surface area contributed by atoms with Crippen molar-refractivity contribution in [2.24, 2.45) is 0 Å². The Morgan fingerprint density at radius 3 is 2.85 bits per heavy atom. The Labute approximate surface area is 115 Å². The van der Waals surface area contributed by atoms with Crippen LogP contribution in [0.1, 0.15) is 18.7 Å². The number of hydrogen-bond donors (Lipinski definition) is 1. The van der Waals surface area contributed by atoms with E-state index in [-0.39, 0.29) is 17.3 Å². The maximum atomic E-state index is 9.76. The molecule has 1 aliphatic heterocycles. The van der Waals surface area contributed by atoms with Crippen LogP contribution in [0.15, 0.2) is 22.9 Å². The lowest BCUT2D eigenvalue weighted by molar-refractivity contribution is -0.101. The first kappa shape index (κ1) is 13.0. The molecule has 1 aliphatic rings. The van der Waals surface area contributed by atoms with E-state index in [4.69, 9.17) is 14.0 Å². The Morgan fingerprint density at radius 2 is 2.15 bits per heavy atom. The van der Waals surface area contributed by atoms with Gasteiger partial charge in [0, 0.05) is 39.4 Å². The molecule has 3 heterocycles. The minimum atomic E-state index is -0.593. The van der Waals surface area contributed by atoms with Crippen LogP contribution in [0.3, 0.4) is 0 Å². The van der Waals surface area contributed by atoms with Crippen LogP contribution < -0.4 is 0 Å². The fourth-order valence-corrected chi connectivity index (χ4v) is 2.29. The second-order valence-corrected chi connectivity index (χ2v) is 4.61. The molecule has 7 heteroatoms. The second-order valence-electron chi connectivity index (χ2n) is 4.61. The van der Waals surface area contributed by atoms with E-state index in [1.54, 1.807) is 19.4 Å². The maximum Gasteiger partial charge on any atom is 0.280 e. The Bertz CT molecular complexity index is 593. The van der Waals surface area contributed by atoms with Crippen LogP contribution in [0.4, 0.5) is 0 Å². The summed E-state index contributed by atoms with van der Waals surface area (Å²) >= 11 is 0. The van der Waals surface area contributed by atoms with Gasteiger partial charge in [-0.1, -0.05) is 5.16 Å². The van der Waals surface area contributed by atoms with Gasteiger partial charge >= 0.3 is 0 Å². The number of rotatable bonds is 3. The van der Waals surface area contributed by atoms with E-state index in [1.165, 1.54) is 6.07 Å². The number of methoxy groups -OCH3 is 1. The number of aromatic nitrogens is 3. The molecule has 0 bridgehead atoms. The molecule has 3 rings (SSSR count). The molecule has 0 saturated carbocycles. The van der Waals surface area contributed by atoms with Crippen molar-refractivity contribution < 1.29 is 19.1 Å². The molecule has 106 valence electrons. The van der Waals surface area contributed by atoms with Gasteiger partial charge in [-0.15, -0.1) is 0 Å². The quantitative estimate of drug-likeness (QED) is 0.908. The van der Waals surface area contributed by atoms with Gasteiger partial charge in [-0.2, -0.15) is 4.98 Å². The first-order valence-electron chi connectivity index (χ1n) is 6.37. The highest BCUT2D eigenvalue weighted by Crippen LogP contribution is 2.35. The van der Waals surface area contributed by atoms with Crippen LogP contribution in [0.5, 0.6) is 5.75 Å². The number of hydrogen-bond acceptors (Lipinski definition) is 7. The van der Waals surface area contributed by atoms with E-state index in [0.717, 1.165) is 0 Å². The van der Waals surface area contributed by atoms with Crippen molar-refractivity contribution in [2.75, 3.05) is 20.3 Å². The molecule has 20 heavy (non-hydrogen) atoms. The van der Waals surface area contributed by atoms with Crippen LogP contribution >= 0.6 is 0 Å². The summed E-state index contributed by atoms with van der Waals surface area (Å²) in [6.45, 7) is 1.18. The monoisotopic (exact) mass is 277 g/mol. The first-order chi connectivity index (χ1) is 9.75. The van der Waals surface area contributed by atoms with Gasteiger partial charge in [0.25, 0.3) is 5.89 Å². The number of nitrogens with zero attached hydrogens (tertiary/aromatic N) is 3. The van der Waals surface area contributed by atoms with E-state index < -0.39 is 5.60 Å². The summed E-state index contributed by atoms with van der Waals surface area (Å²) in [7, 11) is 1.62. The minimum absolute atomic E-state index is 0.00106. The molecule has 1 saturated heterocycles. The Kier molecular flexibility index (Phi) is 3.37. The van der Waals surface area contributed by atoms with Crippen molar-refractivity contribution in [1.29, 1.82) is 0 Å². The zero-order chi connectivity index (χ0) is 14.0. The molecule has 0 aromatic carbocycles. The molecule has 0 unspecified atom stereocenters. The van der Waals surface area contributed by atoms with E-state index in [0.29, 0.717) is 31.9 Å². The summed E-state index contributed by atoms with van der Waals surface area (Å²) in [5, 5.41) is 13.7. The first-order valence-corrected chi connectivity index (χ1v) is 6.37. The molecule has 0 amide bonds. The lowest BCUT2D eigenvalue weighted by Crippen LogP contribution is -2.36. The SMILES string of the molecule is COC1(c2noc(-c3ncccc3O)n2)CCOCC1. The summed E-state index contributed by atoms with van der Waals surface area (Å²) in [5.41, 5.74) is -0.325. The van der Waals surface area contributed by atoms with Crippen molar-refractivity contribution in [2.45, 2.75) is 18.4 Å². The van der Waals surface area contributed by atoms with Gasteiger partial charge in [0.2, 0.25) is 5.82 Å². The van der Waals surface area contributed by atoms with Crippen LogP contribution in [0.2, 0.25) is 0 Å². The normalized spacial score (nSPS) is 18.1. The molecule has 2 aromatic heterocycles. The predicted octanol–water partition coefficient (Wildman–Crippen LogP) is 1.49. The number of aromatic hydroxyl groups is 1. The number of pyridine rings is 1. The van der Waals surface area contributed by atoms with Gasteiger partial charge in [0.1, 0.15) is 11.4 Å². The highest BCUT2D eigenvalue weighted by molar-refractivity contribution is 5.55. The average molecular weight is 277 g/mol. The summed E-state index contributed by atoms with van der Waals surface area (Å²) in [6, 6.07) is 3.15. The van der Waals surface area contributed by atoms with Crippen LogP contribution in [0.25, 0.3) is 11.6 Å². The molecule has 0 spiro atoms. The molecule has 7 nitrogen and oxygen atoms in total. The van der Waals surface area contributed by atoms with Crippen LogP contribution in [-0.2, 0) is 15.1 Å². The highest BCUT2D eigenvalue weighted by Gasteiger charge is 2.39. The fourth-order valence-electron chi connectivity index (χ4n) is 2.29. The van der Waals surface area contributed by atoms with E-state index in [2.05, 4.69) is 15.1 Å². The molecule has 0 atom stereocenters. The number of ether oxygens (including phenoxy) is 2. The zero-order valence-electron chi connectivity index (χ0n) is 11.1. The van der Waals surface area contributed by atoms with Gasteiger partial charge in [-0.05, 0) is 12.1 Å². The van der Waals surface area contributed by atoms with Crippen molar-refractivity contribution in [3.8, 4) is 17.3 Å². The Hall–Kier alpha value is -1.99. The van der Waals surface area contributed by atoms with Gasteiger partial charge in [-0.25, -0.2) is 4.98 Å². The molecule has 0 aliphatic carbocycles. The van der Waals surface area contributed by atoms with Crippen molar-refractivity contribution in [3.63, 3.8) is 0 Å². The van der Waals surface area contributed by atoms with Crippen LogP contribution in [-0.4, -0.2) is 40.6 Å². The largest absolute Gasteiger partial charge is 0.505 e. The summed E-state index contributed by atoms with van der Waals surface area (Å²) in [5.74, 6) is 0.644. The van der Waals surface area contributed by atoms with Crippen molar-refractivity contribution in [3.05, 3.63) is 24.2 Å². The van der Waals surface area contributed by atoms with Gasteiger partial charge in [0.05, 0.1) is 0 Å². The van der Waals surface area contributed by atoms with E-state index >= 15 is 0 Å². The zero-order valence-corrected chi connectivity index (χ0v) is 11.1. The van der Waals surface area contributed by atoms with Gasteiger partial charge in [0.15, 0.2) is 5.69 Å². The Balaban J connectivity index is 1.95. The molecular weight excluding hydrogens is 262 g/mol. The summed E-state index contributed by atoms with van der Waals surface area (Å²) in [4.78, 5) is 8.37. The molecular formula is C13H15N3O4. The summed E-state index contributed by atoms with van der Waals surface area (Å²) in [6.07, 6.45) is 2.88. The third-order valence-corrected chi connectivity index (χ3v) is 3.51. The van der Waals surface area contributed by atoms with Crippen LogP contribution in [0, 0.1) is 0 Å². The molecule has 2 aromatic rings. The lowest BCUT2D eigenvalue weighted by atomic mass is 9.93. The fraction of sp³-hybridized carbons (Fsp3) is 0.462. The summed E-state index contributed by atoms with van der Waals surface area (Å²) < 4.78 is 16.1. The van der Waals surface area contributed by atoms with E-state index in [9.17, 15) is 5.11 Å². The smallest absolute Gasteiger partial charge is 0.280 e. The standard InChI is InChI=1S/C13H15N3O4/c1-18-13(4-7-19-8-5-13)12-15-11(20-16-12)10-9(17)3-2-6-14-10/h2-3,6,17H,4-5,7-8H2,1H3. The second kappa shape index (κ2) is 5.18. The third-order valence-electron chi connectivity index (χ3n) is 3.51. The Morgan fingerprint density at radius 1 is 1.35 bits per heavy atom. The van der Waals surface area contributed by atoms with Gasteiger partial charge < -0.3 is 19.1 Å². The average Bonchev–Trinajstić information content (AvgIpc) is 2.98. The topological polar surface area (TPSA) is 90.5 Å².